The van der Waals surface area contributed by atoms with E-state index in [0.29, 0.717) is 6.54 Å². The summed E-state index contributed by atoms with van der Waals surface area (Å²) in [7, 11) is 0. The number of carbonyl (C=O) groups excluding carboxylic acids is 1. The van der Waals surface area contributed by atoms with Gasteiger partial charge in [0, 0.05) is 6.54 Å². The second kappa shape index (κ2) is 5.17. The molecule has 0 saturated carbocycles. The van der Waals surface area contributed by atoms with E-state index in [-0.39, 0.29) is 0 Å². The van der Waals surface area contributed by atoms with Gasteiger partial charge in [0.2, 0.25) is 0 Å². The zero-order chi connectivity index (χ0) is 12.0. The van der Waals surface area contributed by atoms with Gasteiger partial charge in [0.25, 0.3) is 0 Å². The molecule has 84 valence electrons. The summed E-state index contributed by atoms with van der Waals surface area (Å²) in [6, 6.07) is 11.4. The van der Waals surface area contributed by atoms with E-state index >= 15 is 0 Å². The molecule has 0 unspecified atom stereocenters. The summed E-state index contributed by atoms with van der Waals surface area (Å²) in [6.07, 6.45) is -0.588. The summed E-state index contributed by atoms with van der Waals surface area (Å²) in [5.41, 5.74) is -0.116. The number of amides is 1. The zero-order valence-corrected chi connectivity index (χ0v) is 9.36. The predicted molar refractivity (Wildman–Crippen MR) is 59.5 cm³/mol. The number of nitrogens with zero attached hydrogens (tertiary/aromatic N) is 1. The fraction of sp³-hybridized carbons (Fsp3) is 0.333. The van der Waals surface area contributed by atoms with Crippen molar-refractivity contribution in [1.82, 2.24) is 5.32 Å². The van der Waals surface area contributed by atoms with Gasteiger partial charge in [-0.1, -0.05) is 30.3 Å². The van der Waals surface area contributed by atoms with Crippen LogP contribution in [0.3, 0.4) is 0 Å². The number of rotatable bonds is 3. The maximum Gasteiger partial charge on any atom is 0.408 e. The van der Waals surface area contributed by atoms with Gasteiger partial charge in [0.15, 0.2) is 5.60 Å². The van der Waals surface area contributed by atoms with E-state index in [1.165, 1.54) is 13.8 Å². The van der Waals surface area contributed by atoms with E-state index in [2.05, 4.69) is 5.32 Å². The van der Waals surface area contributed by atoms with E-state index in [0.717, 1.165) is 5.56 Å². The number of nitriles is 1. The van der Waals surface area contributed by atoms with Gasteiger partial charge >= 0.3 is 6.09 Å². The Morgan fingerprint density at radius 2 is 2.06 bits per heavy atom. The van der Waals surface area contributed by atoms with Crippen molar-refractivity contribution in [3.8, 4) is 6.07 Å². The predicted octanol–water partition coefficient (Wildman–Crippen LogP) is 2.21. The molecule has 0 fully saturated rings. The van der Waals surface area contributed by atoms with Crippen LogP contribution in [-0.4, -0.2) is 11.7 Å². The van der Waals surface area contributed by atoms with Crippen LogP contribution in [0.15, 0.2) is 30.3 Å². The molecule has 1 aromatic rings. The second-order valence-corrected chi connectivity index (χ2v) is 3.85. The second-order valence-electron chi connectivity index (χ2n) is 3.85. The van der Waals surface area contributed by atoms with Gasteiger partial charge in [-0.3, -0.25) is 0 Å². The molecule has 0 aromatic heterocycles. The zero-order valence-electron chi connectivity index (χ0n) is 9.36. The number of alkyl carbamates (subject to hydrolysis) is 1. The molecule has 0 aliphatic rings. The minimum atomic E-state index is -1.10. The Morgan fingerprint density at radius 3 is 2.62 bits per heavy atom. The van der Waals surface area contributed by atoms with Crippen molar-refractivity contribution in [3.63, 3.8) is 0 Å². The molecule has 0 aliphatic heterocycles. The molecule has 0 saturated heterocycles. The smallest absolute Gasteiger partial charge is 0.408 e. The molecule has 1 rings (SSSR count). The molecule has 1 amide bonds. The molecule has 4 nitrogen and oxygen atoms in total. The summed E-state index contributed by atoms with van der Waals surface area (Å²) in [6.45, 7) is 3.46. The monoisotopic (exact) mass is 218 g/mol. The maximum absolute atomic E-state index is 11.3. The third-order valence-corrected chi connectivity index (χ3v) is 1.90. The highest BCUT2D eigenvalue weighted by Gasteiger charge is 2.21. The summed E-state index contributed by atoms with van der Waals surface area (Å²) in [5, 5.41) is 11.3. The summed E-state index contributed by atoms with van der Waals surface area (Å²) < 4.78 is 4.90. The molecule has 16 heavy (non-hydrogen) atoms. The van der Waals surface area contributed by atoms with Crippen LogP contribution in [0.4, 0.5) is 4.79 Å². The van der Waals surface area contributed by atoms with E-state index < -0.39 is 11.7 Å². The molecule has 1 aromatic carbocycles. The molecular weight excluding hydrogens is 204 g/mol. The fourth-order valence-corrected chi connectivity index (χ4v) is 1.06. The molecule has 4 heteroatoms. The highest BCUT2D eigenvalue weighted by molar-refractivity contribution is 5.68. The molecule has 0 bridgehead atoms. The van der Waals surface area contributed by atoms with Crippen LogP contribution in [0.2, 0.25) is 0 Å². The summed E-state index contributed by atoms with van der Waals surface area (Å²) >= 11 is 0. The Balaban J connectivity index is 2.40. The maximum atomic E-state index is 11.3. The van der Waals surface area contributed by atoms with Crippen molar-refractivity contribution >= 4 is 6.09 Å². The average molecular weight is 218 g/mol. The van der Waals surface area contributed by atoms with E-state index in [9.17, 15) is 4.79 Å². The Kier molecular flexibility index (Phi) is 3.90. The molecule has 1 N–H and O–H groups in total. The molecule has 0 heterocycles. The van der Waals surface area contributed by atoms with Crippen molar-refractivity contribution in [2.24, 2.45) is 0 Å². The largest absolute Gasteiger partial charge is 0.428 e. The van der Waals surface area contributed by atoms with Crippen LogP contribution < -0.4 is 5.32 Å². The van der Waals surface area contributed by atoms with E-state index in [1.807, 2.05) is 36.4 Å². The van der Waals surface area contributed by atoms with Crippen molar-refractivity contribution in [2.45, 2.75) is 26.0 Å². The lowest BCUT2D eigenvalue weighted by atomic mass is 10.2. The first kappa shape index (κ1) is 12.1. The van der Waals surface area contributed by atoms with Crippen LogP contribution in [0.1, 0.15) is 19.4 Å². The lowest BCUT2D eigenvalue weighted by molar-refractivity contribution is 0.0764. The fourth-order valence-electron chi connectivity index (χ4n) is 1.06. The molecule has 0 radical (unpaired) electrons. The first-order chi connectivity index (χ1) is 7.53. The van der Waals surface area contributed by atoms with Crippen molar-refractivity contribution < 1.29 is 9.53 Å². The van der Waals surface area contributed by atoms with Gasteiger partial charge in [-0.05, 0) is 19.4 Å². The van der Waals surface area contributed by atoms with Crippen LogP contribution in [-0.2, 0) is 11.3 Å². The SMILES string of the molecule is CC(C)(C#N)OC(=O)NCc1ccccc1. The normalized spacial score (nSPS) is 10.3. The van der Waals surface area contributed by atoms with Gasteiger partial charge in [0.1, 0.15) is 6.07 Å². The van der Waals surface area contributed by atoms with Crippen molar-refractivity contribution in [1.29, 1.82) is 5.26 Å². The van der Waals surface area contributed by atoms with Gasteiger partial charge in [-0.25, -0.2) is 4.79 Å². The third-order valence-electron chi connectivity index (χ3n) is 1.90. The van der Waals surface area contributed by atoms with E-state index in [1.54, 1.807) is 0 Å². The van der Waals surface area contributed by atoms with Gasteiger partial charge in [0.05, 0.1) is 0 Å². The minimum absolute atomic E-state index is 0.390. The van der Waals surface area contributed by atoms with Crippen LogP contribution in [0.5, 0.6) is 0 Å². The van der Waals surface area contributed by atoms with Gasteiger partial charge < -0.3 is 10.1 Å². The number of benzene rings is 1. The summed E-state index contributed by atoms with van der Waals surface area (Å²) in [5.74, 6) is 0. The number of hydrogen-bond acceptors (Lipinski definition) is 3. The van der Waals surface area contributed by atoms with Crippen molar-refractivity contribution in [3.05, 3.63) is 35.9 Å². The number of carbonyl (C=O) groups is 1. The standard InChI is InChI=1S/C12H14N2O2/c1-12(2,9-13)16-11(15)14-8-10-6-4-3-5-7-10/h3-7H,8H2,1-2H3,(H,14,15). The molecule has 0 aliphatic carbocycles. The lowest BCUT2D eigenvalue weighted by Crippen LogP contribution is -2.33. The molecular formula is C12H14N2O2. The minimum Gasteiger partial charge on any atom is -0.428 e. The first-order valence-corrected chi connectivity index (χ1v) is 4.95. The van der Waals surface area contributed by atoms with Crippen LogP contribution in [0.25, 0.3) is 0 Å². The van der Waals surface area contributed by atoms with Crippen molar-refractivity contribution in [2.75, 3.05) is 0 Å². The quantitative estimate of drug-likeness (QED) is 0.846. The molecule has 0 atom stereocenters. The Bertz CT molecular complexity index is 393. The number of nitrogens with one attached hydrogen (secondary N) is 1. The number of hydrogen-bond donors (Lipinski definition) is 1. The number of ether oxygens (including phenoxy) is 1. The van der Waals surface area contributed by atoms with Crippen LogP contribution in [0, 0.1) is 11.3 Å². The molecule has 0 spiro atoms. The highest BCUT2D eigenvalue weighted by Crippen LogP contribution is 2.07. The van der Waals surface area contributed by atoms with E-state index in [4.69, 9.17) is 10.00 Å². The first-order valence-electron chi connectivity index (χ1n) is 4.95. The van der Waals surface area contributed by atoms with Crippen LogP contribution >= 0.6 is 0 Å². The highest BCUT2D eigenvalue weighted by atomic mass is 16.6. The summed E-state index contributed by atoms with van der Waals surface area (Å²) in [4.78, 5) is 11.3. The topological polar surface area (TPSA) is 62.1 Å². The Morgan fingerprint density at radius 1 is 1.44 bits per heavy atom. The average Bonchev–Trinajstić information content (AvgIpc) is 2.27. The lowest BCUT2D eigenvalue weighted by Gasteiger charge is -2.16. The third kappa shape index (κ3) is 4.01. The Labute approximate surface area is 94.8 Å². The Hall–Kier alpha value is -2.02. The van der Waals surface area contributed by atoms with Gasteiger partial charge in [-0.15, -0.1) is 0 Å². The van der Waals surface area contributed by atoms with Gasteiger partial charge in [-0.2, -0.15) is 5.26 Å².